The average molecular weight is 356 g/mol. The van der Waals surface area contributed by atoms with E-state index in [2.05, 4.69) is 10.3 Å². The second kappa shape index (κ2) is 6.73. The summed E-state index contributed by atoms with van der Waals surface area (Å²) in [5.41, 5.74) is 0.500. The molecule has 0 unspecified atom stereocenters. The highest BCUT2D eigenvalue weighted by Gasteiger charge is 2.25. The third kappa shape index (κ3) is 3.18. The maximum Gasteiger partial charge on any atom is 0.282 e. The molecule has 1 aromatic carbocycles. The van der Waals surface area contributed by atoms with Crippen LogP contribution in [0, 0.1) is 0 Å². The van der Waals surface area contributed by atoms with Gasteiger partial charge in [-0.1, -0.05) is 23.4 Å². The summed E-state index contributed by atoms with van der Waals surface area (Å²) in [7, 11) is 0. The predicted molar refractivity (Wildman–Crippen MR) is 94.7 cm³/mol. The van der Waals surface area contributed by atoms with E-state index in [1.54, 1.807) is 12.1 Å². The third-order valence-electron chi connectivity index (χ3n) is 4.49. The fourth-order valence-corrected chi connectivity index (χ4v) is 3.77. The molecule has 3 heterocycles. The van der Waals surface area contributed by atoms with Crippen molar-refractivity contribution in [2.75, 3.05) is 26.2 Å². The number of piperazine rings is 1. The van der Waals surface area contributed by atoms with Crippen molar-refractivity contribution in [2.45, 2.75) is 6.67 Å². The van der Waals surface area contributed by atoms with Gasteiger partial charge in [0.1, 0.15) is 5.52 Å². The first-order valence-corrected chi connectivity index (χ1v) is 9.09. The third-order valence-corrected chi connectivity index (χ3v) is 5.35. The molecule has 1 aliphatic rings. The smallest absolute Gasteiger partial charge is 0.282 e. The molecule has 1 amide bonds. The van der Waals surface area contributed by atoms with Crippen LogP contribution in [0.3, 0.4) is 0 Å². The molecular weight excluding hydrogens is 338 g/mol. The molecule has 0 spiro atoms. The van der Waals surface area contributed by atoms with E-state index in [1.807, 2.05) is 34.5 Å². The largest absolute Gasteiger partial charge is 0.327 e. The van der Waals surface area contributed by atoms with Crippen molar-refractivity contribution in [1.29, 1.82) is 0 Å². The number of amides is 1. The zero-order valence-electron chi connectivity index (χ0n) is 13.6. The second-order valence-electron chi connectivity index (χ2n) is 6.09. The van der Waals surface area contributed by atoms with Crippen LogP contribution in [0.2, 0.25) is 0 Å². The molecule has 128 valence electrons. The van der Waals surface area contributed by atoms with Crippen molar-refractivity contribution in [2.24, 2.45) is 0 Å². The highest BCUT2D eigenvalue weighted by atomic mass is 32.1. The van der Waals surface area contributed by atoms with Gasteiger partial charge in [-0.25, -0.2) is 0 Å². The van der Waals surface area contributed by atoms with E-state index in [4.69, 9.17) is 0 Å². The Kier molecular flexibility index (Phi) is 4.29. The minimum Gasteiger partial charge on any atom is -0.327 e. The number of thiophene rings is 1. The number of hydrogen-bond acceptors (Lipinski definition) is 5. The Balaban J connectivity index is 1.43. The van der Waals surface area contributed by atoms with Gasteiger partial charge in [0.05, 0.1) is 36.4 Å². The Labute approximate surface area is 148 Å². The van der Waals surface area contributed by atoms with E-state index in [1.165, 1.54) is 20.9 Å². The maximum atomic E-state index is 12.5. The summed E-state index contributed by atoms with van der Waals surface area (Å²) in [6, 6.07) is 11.0. The van der Waals surface area contributed by atoms with Gasteiger partial charge in [-0.15, -0.1) is 16.4 Å². The molecule has 3 aromatic rings. The van der Waals surface area contributed by atoms with E-state index in [-0.39, 0.29) is 11.5 Å². The van der Waals surface area contributed by atoms with E-state index >= 15 is 0 Å². The summed E-state index contributed by atoms with van der Waals surface area (Å²) >= 11 is 1.47. The van der Waals surface area contributed by atoms with Crippen molar-refractivity contribution in [1.82, 2.24) is 19.9 Å². The lowest BCUT2D eigenvalue weighted by molar-refractivity contribution is -0.927. The van der Waals surface area contributed by atoms with Gasteiger partial charge in [0, 0.05) is 0 Å². The molecule has 2 aromatic heterocycles. The number of carbonyl (C=O) groups is 1. The molecule has 4 rings (SSSR count). The van der Waals surface area contributed by atoms with E-state index in [0.717, 1.165) is 18.0 Å². The number of carbonyl (C=O) groups excluding carboxylic acids is 1. The van der Waals surface area contributed by atoms with Gasteiger partial charge in [-0.3, -0.25) is 9.59 Å². The molecule has 0 atom stereocenters. The Morgan fingerprint density at radius 2 is 1.96 bits per heavy atom. The Morgan fingerprint density at radius 3 is 2.72 bits per heavy atom. The van der Waals surface area contributed by atoms with Crippen LogP contribution in [0.4, 0.5) is 0 Å². The lowest BCUT2D eigenvalue weighted by atomic mass is 10.2. The molecule has 1 N–H and O–H groups in total. The average Bonchev–Trinajstić information content (AvgIpc) is 3.19. The van der Waals surface area contributed by atoms with Crippen LogP contribution in [0.25, 0.3) is 10.9 Å². The van der Waals surface area contributed by atoms with Gasteiger partial charge in [-0.2, -0.15) is 4.68 Å². The van der Waals surface area contributed by atoms with Gasteiger partial charge >= 0.3 is 0 Å². The van der Waals surface area contributed by atoms with Gasteiger partial charge in [-0.05, 0) is 23.6 Å². The lowest BCUT2D eigenvalue weighted by Crippen LogP contribution is -3.14. The van der Waals surface area contributed by atoms with Crippen LogP contribution >= 0.6 is 11.3 Å². The number of aromatic nitrogens is 3. The number of nitrogens with one attached hydrogen (secondary N) is 1. The first-order valence-electron chi connectivity index (χ1n) is 8.21. The molecule has 0 bridgehead atoms. The highest BCUT2D eigenvalue weighted by Crippen LogP contribution is 2.11. The molecule has 7 nitrogen and oxygen atoms in total. The van der Waals surface area contributed by atoms with Crippen LogP contribution in [-0.2, 0) is 6.67 Å². The molecule has 1 saturated heterocycles. The minimum atomic E-state index is -0.116. The summed E-state index contributed by atoms with van der Waals surface area (Å²) in [5.74, 6) is 0.0942. The molecule has 0 radical (unpaired) electrons. The molecule has 0 aliphatic carbocycles. The summed E-state index contributed by atoms with van der Waals surface area (Å²) in [4.78, 5) is 28.8. The number of quaternary nitrogens is 1. The summed E-state index contributed by atoms with van der Waals surface area (Å²) < 4.78 is 1.43. The van der Waals surface area contributed by atoms with Gasteiger partial charge < -0.3 is 9.80 Å². The van der Waals surface area contributed by atoms with Crippen LogP contribution in [-0.4, -0.2) is 52.0 Å². The standard InChI is InChI=1S/C17H17N5O2S/c23-16-13-4-1-2-5-14(13)18-19-22(16)12-20-7-9-21(10-8-20)17(24)15-6-3-11-25-15/h1-6,11H,7-10,12H2/p+1. The topological polar surface area (TPSA) is 72.5 Å². The van der Waals surface area contributed by atoms with Crippen LogP contribution in [0.1, 0.15) is 9.67 Å². The number of nitrogens with zero attached hydrogens (tertiary/aromatic N) is 4. The predicted octanol–water partition coefficient (Wildman–Crippen LogP) is -0.149. The van der Waals surface area contributed by atoms with Crippen LogP contribution in [0.5, 0.6) is 0 Å². The van der Waals surface area contributed by atoms with Crippen LogP contribution < -0.4 is 10.5 Å². The summed E-state index contributed by atoms with van der Waals surface area (Å²) in [6.07, 6.45) is 0. The zero-order valence-corrected chi connectivity index (χ0v) is 14.4. The SMILES string of the molecule is O=C(c1cccs1)N1CC[NH+](Cn2nnc3ccccc3c2=O)CC1. The quantitative estimate of drug-likeness (QED) is 0.709. The number of rotatable bonds is 3. The maximum absolute atomic E-state index is 12.5. The van der Waals surface area contributed by atoms with Crippen LogP contribution in [0.15, 0.2) is 46.6 Å². The number of benzene rings is 1. The minimum absolute atomic E-state index is 0.0942. The normalized spacial score (nSPS) is 15.6. The number of hydrogen-bond donors (Lipinski definition) is 1. The Bertz CT molecular complexity index is 945. The lowest BCUT2D eigenvalue weighted by Gasteiger charge is -2.31. The van der Waals surface area contributed by atoms with Gasteiger partial charge in [0.2, 0.25) is 0 Å². The van der Waals surface area contributed by atoms with E-state index in [9.17, 15) is 9.59 Å². The highest BCUT2D eigenvalue weighted by molar-refractivity contribution is 7.12. The summed E-state index contributed by atoms with van der Waals surface area (Å²) in [6.45, 7) is 3.41. The van der Waals surface area contributed by atoms with E-state index in [0.29, 0.717) is 30.7 Å². The van der Waals surface area contributed by atoms with E-state index < -0.39 is 0 Å². The zero-order chi connectivity index (χ0) is 17.2. The fraction of sp³-hybridized carbons (Fsp3) is 0.294. The second-order valence-corrected chi connectivity index (χ2v) is 7.04. The molecule has 0 saturated carbocycles. The number of fused-ring (bicyclic) bond motifs is 1. The molecule has 1 fully saturated rings. The van der Waals surface area contributed by atoms with Gasteiger partial charge in [0.15, 0.2) is 6.67 Å². The Hall–Kier alpha value is -2.58. The molecular formula is C17H18N5O2S+. The first kappa shape index (κ1) is 15.9. The van der Waals surface area contributed by atoms with Crippen molar-refractivity contribution in [3.05, 3.63) is 57.0 Å². The molecule has 25 heavy (non-hydrogen) atoms. The monoisotopic (exact) mass is 356 g/mol. The van der Waals surface area contributed by atoms with Crippen molar-refractivity contribution in [3.8, 4) is 0 Å². The summed E-state index contributed by atoms with van der Waals surface area (Å²) in [5, 5.41) is 10.7. The van der Waals surface area contributed by atoms with Crippen molar-refractivity contribution in [3.63, 3.8) is 0 Å². The van der Waals surface area contributed by atoms with Gasteiger partial charge in [0.25, 0.3) is 11.5 Å². The van der Waals surface area contributed by atoms with Crippen molar-refractivity contribution >= 4 is 28.1 Å². The first-order chi connectivity index (χ1) is 12.2. The Morgan fingerprint density at radius 1 is 1.16 bits per heavy atom. The van der Waals surface area contributed by atoms with Crippen molar-refractivity contribution < 1.29 is 9.69 Å². The molecule has 1 aliphatic heterocycles. The fourth-order valence-electron chi connectivity index (χ4n) is 3.08. The molecule has 8 heteroatoms.